The molecule has 0 aromatic heterocycles. The van der Waals surface area contributed by atoms with Crippen LogP contribution in [-0.2, 0) is 32.6 Å². The first-order valence-electron chi connectivity index (χ1n) is 14.9. The summed E-state index contributed by atoms with van der Waals surface area (Å²) >= 11 is 0. The average Bonchev–Trinajstić information content (AvgIpc) is 2.95. The highest BCUT2D eigenvalue weighted by molar-refractivity contribution is 6.24. The van der Waals surface area contributed by atoms with Gasteiger partial charge >= 0.3 is 0 Å². The van der Waals surface area contributed by atoms with Crippen LogP contribution in [-0.4, -0.2) is 79.7 Å². The minimum atomic E-state index is -2.92. The number of carbonyl (C=O) groups is 3. The summed E-state index contributed by atoms with van der Waals surface area (Å²) in [4.78, 5) is 40.9. The summed E-state index contributed by atoms with van der Waals surface area (Å²) < 4.78 is 0. The Balaban J connectivity index is 1.54. The fourth-order valence-corrected chi connectivity index (χ4v) is 7.45. The molecule has 3 aliphatic carbocycles. The van der Waals surface area contributed by atoms with Gasteiger partial charge in [0.15, 0.2) is 11.4 Å². The fraction of sp³-hybridized carbons (Fsp3) is 0.441. The summed E-state index contributed by atoms with van der Waals surface area (Å²) in [5.41, 5.74) is 2.94. The number of primary amides is 1. The molecule has 10 heteroatoms. The number of unbranched alkanes of at least 4 members (excludes halogenated alkanes) is 1. The van der Waals surface area contributed by atoms with Gasteiger partial charge in [-0.2, -0.15) is 0 Å². The van der Waals surface area contributed by atoms with Gasteiger partial charge < -0.3 is 31.3 Å². The number of nitrogens with two attached hydrogens (primary N) is 1. The molecule has 3 aliphatic rings. The van der Waals surface area contributed by atoms with Crippen molar-refractivity contribution < 1.29 is 39.9 Å². The third kappa shape index (κ3) is 4.72. The molecule has 1 saturated carbocycles. The topological polar surface area (TPSA) is 182 Å². The van der Waals surface area contributed by atoms with Gasteiger partial charge in [-0.25, -0.2) is 0 Å². The van der Waals surface area contributed by atoms with Crippen molar-refractivity contribution in [2.75, 3.05) is 14.1 Å². The zero-order valence-corrected chi connectivity index (χ0v) is 25.4. The SMILES string of the molecule is CN(C)[C@H]1C(=O)C(C(N)=O)=C(O)[C@]2(O)C(=O)C3=C(O)c4c(ccc(C(C)(C)CCCCc5ccccc5)c4O)C[C@@H]3[C@@H](O)[C@H]12. The van der Waals surface area contributed by atoms with Gasteiger partial charge in [0, 0.05) is 17.1 Å². The predicted octanol–water partition coefficient (Wildman–Crippen LogP) is 2.63. The summed E-state index contributed by atoms with van der Waals surface area (Å²) in [5, 5.41) is 57.5. The molecule has 234 valence electrons. The number of hydrogen-bond acceptors (Lipinski definition) is 9. The second-order valence-corrected chi connectivity index (χ2v) is 13.1. The number of aromatic hydroxyl groups is 1. The standard InChI is InChI=1S/C34H40N2O8/c1-33(2,15-9-8-12-17-10-6-5-7-11-17)20-14-13-18-16-19-22(28(39)21(18)27(20)38)30(41)34(44)24(26(19)37)25(36(3)4)29(40)23(31(34)42)32(35)43/h5-7,10-11,13-14,19,24-26,37-39,42,44H,8-9,12,15-16H2,1-4H3,(H2,35,43)/t19-,24-,25+,26+,34+/m0/s1. The Bertz CT molecular complexity index is 1590. The minimum Gasteiger partial charge on any atom is -0.508 e. The molecule has 0 bridgehead atoms. The van der Waals surface area contributed by atoms with Crippen LogP contribution in [0.4, 0.5) is 0 Å². The van der Waals surface area contributed by atoms with Gasteiger partial charge in [-0.05, 0) is 56.3 Å². The minimum absolute atomic E-state index is 0.0149. The van der Waals surface area contributed by atoms with E-state index in [1.165, 1.54) is 24.6 Å². The van der Waals surface area contributed by atoms with Crippen molar-refractivity contribution in [2.24, 2.45) is 17.6 Å². The number of likely N-dealkylation sites (N-methyl/N-ethyl adjacent to an activating group) is 1. The molecule has 0 unspecified atom stereocenters. The van der Waals surface area contributed by atoms with Crippen LogP contribution in [0, 0.1) is 11.8 Å². The van der Waals surface area contributed by atoms with E-state index in [9.17, 15) is 39.9 Å². The number of rotatable bonds is 8. The first-order valence-corrected chi connectivity index (χ1v) is 14.9. The summed E-state index contributed by atoms with van der Waals surface area (Å²) in [6.45, 7) is 3.98. The number of aliphatic hydroxyl groups excluding tert-OH is 3. The fourth-order valence-electron chi connectivity index (χ4n) is 7.45. The van der Waals surface area contributed by atoms with Gasteiger partial charge in [-0.15, -0.1) is 0 Å². The van der Waals surface area contributed by atoms with Gasteiger partial charge in [0.2, 0.25) is 5.78 Å². The lowest BCUT2D eigenvalue weighted by molar-refractivity contribution is -0.168. The summed E-state index contributed by atoms with van der Waals surface area (Å²) in [6, 6.07) is 12.3. The molecule has 0 spiro atoms. The number of aryl methyl sites for hydroxylation is 1. The molecule has 2 aromatic rings. The van der Waals surface area contributed by atoms with Crippen LogP contribution < -0.4 is 5.73 Å². The molecule has 0 heterocycles. The highest BCUT2D eigenvalue weighted by Gasteiger charge is 2.67. The normalized spacial score (nSPS) is 26.9. The van der Waals surface area contributed by atoms with Crippen molar-refractivity contribution in [1.29, 1.82) is 0 Å². The first-order chi connectivity index (χ1) is 20.6. The third-order valence-electron chi connectivity index (χ3n) is 9.77. The van der Waals surface area contributed by atoms with Crippen LogP contribution in [0.5, 0.6) is 5.75 Å². The van der Waals surface area contributed by atoms with E-state index in [0.29, 0.717) is 11.1 Å². The molecule has 1 amide bonds. The first kappa shape index (κ1) is 31.4. The van der Waals surface area contributed by atoms with E-state index in [1.54, 1.807) is 12.1 Å². The van der Waals surface area contributed by atoms with Crippen molar-refractivity contribution in [3.63, 3.8) is 0 Å². The van der Waals surface area contributed by atoms with Gasteiger partial charge in [0.05, 0.1) is 23.6 Å². The molecular weight excluding hydrogens is 564 g/mol. The van der Waals surface area contributed by atoms with E-state index in [4.69, 9.17) is 5.73 Å². The highest BCUT2D eigenvalue weighted by Crippen LogP contribution is 2.53. The second kappa shape index (κ2) is 11.2. The van der Waals surface area contributed by atoms with Crippen molar-refractivity contribution in [3.8, 4) is 5.75 Å². The summed E-state index contributed by atoms with van der Waals surface area (Å²) in [7, 11) is 2.95. The molecule has 0 saturated heterocycles. The van der Waals surface area contributed by atoms with E-state index in [2.05, 4.69) is 12.1 Å². The Morgan fingerprint density at radius 2 is 1.70 bits per heavy atom. The number of aliphatic hydroxyl groups is 4. The molecule has 1 fully saturated rings. The lowest BCUT2D eigenvalue weighted by Gasteiger charge is -2.52. The third-order valence-corrected chi connectivity index (χ3v) is 9.77. The highest BCUT2D eigenvalue weighted by atomic mass is 16.4. The molecule has 2 aromatic carbocycles. The number of phenolic OH excluding ortho intramolecular Hbond substituents is 1. The molecule has 7 N–H and O–H groups in total. The van der Waals surface area contributed by atoms with E-state index < -0.39 is 69.6 Å². The number of nitrogens with zero attached hydrogens (tertiary/aromatic N) is 1. The van der Waals surface area contributed by atoms with Crippen molar-refractivity contribution in [3.05, 3.63) is 81.6 Å². The van der Waals surface area contributed by atoms with Crippen LogP contribution in [0.25, 0.3) is 5.76 Å². The smallest absolute Gasteiger partial charge is 0.255 e. The number of Topliss-reactive ketones (excluding diaryl/α,β-unsaturated/α-hetero) is 2. The van der Waals surface area contributed by atoms with Crippen molar-refractivity contribution in [2.45, 2.75) is 69.1 Å². The van der Waals surface area contributed by atoms with E-state index in [-0.39, 0.29) is 23.3 Å². The van der Waals surface area contributed by atoms with E-state index in [0.717, 1.165) is 25.7 Å². The number of carbonyl (C=O) groups excluding carboxylic acids is 3. The number of amides is 1. The number of ketones is 2. The Morgan fingerprint density at radius 3 is 2.32 bits per heavy atom. The van der Waals surface area contributed by atoms with Crippen LogP contribution in [0.1, 0.15) is 55.4 Å². The Morgan fingerprint density at radius 1 is 1.05 bits per heavy atom. The van der Waals surface area contributed by atoms with Crippen LogP contribution in [0.2, 0.25) is 0 Å². The number of benzene rings is 2. The molecule has 0 radical (unpaired) electrons. The molecule has 5 atom stereocenters. The van der Waals surface area contributed by atoms with Gasteiger partial charge in [-0.3, -0.25) is 19.3 Å². The Kier molecular flexibility index (Phi) is 7.99. The molecular formula is C34H40N2O8. The average molecular weight is 605 g/mol. The van der Waals surface area contributed by atoms with Crippen molar-refractivity contribution in [1.82, 2.24) is 4.90 Å². The largest absolute Gasteiger partial charge is 0.508 e. The van der Waals surface area contributed by atoms with E-state index in [1.807, 2.05) is 32.0 Å². The number of fused-ring (bicyclic) bond motifs is 3. The summed E-state index contributed by atoms with van der Waals surface area (Å²) in [5.74, 6) is -8.14. The maximum atomic E-state index is 14.1. The maximum Gasteiger partial charge on any atom is 0.255 e. The maximum absolute atomic E-state index is 14.1. The quantitative estimate of drug-likeness (QED) is 0.195. The zero-order chi connectivity index (χ0) is 32.3. The molecule has 44 heavy (non-hydrogen) atoms. The second-order valence-electron chi connectivity index (χ2n) is 13.1. The monoisotopic (exact) mass is 604 g/mol. The lowest BCUT2D eigenvalue weighted by Crippen LogP contribution is -2.70. The predicted molar refractivity (Wildman–Crippen MR) is 163 cm³/mol. The van der Waals surface area contributed by atoms with Crippen molar-refractivity contribution >= 4 is 23.2 Å². The van der Waals surface area contributed by atoms with Crippen LogP contribution in [0.3, 0.4) is 0 Å². The molecule has 0 aliphatic heterocycles. The zero-order valence-electron chi connectivity index (χ0n) is 25.4. The molecule has 10 nitrogen and oxygen atoms in total. The molecule has 5 rings (SSSR count). The lowest BCUT2D eigenvalue weighted by atomic mass is 9.56. The number of phenols is 1. The van der Waals surface area contributed by atoms with E-state index >= 15 is 0 Å². The number of hydrogen-bond donors (Lipinski definition) is 6. The Labute approximate surface area is 256 Å². The van der Waals surface area contributed by atoms with Gasteiger partial charge in [0.1, 0.15) is 22.8 Å². The van der Waals surface area contributed by atoms with Gasteiger partial charge in [0.25, 0.3) is 5.91 Å². The van der Waals surface area contributed by atoms with Crippen LogP contribution >= 0.6 is 0 Å². The Hall–Kier alpha value is -3.99. The van der Waals surface area contributed by atoms with Gasteiger partial charge in [-0.1, -0.05) is 62.7 Å². The summed E-state index contributed by atoms with van der Waals surface area (Å²) in [6.07, 6.45) is 1.91. The van der Waals surface area contributed by atoms with Crippen LogP contribution in [0.15, 0.2) is 59.4 Å².